The Labute approximate surface area is 99.3 Å². The van der Waals surface area contributed by atoms with Crippen LogP contribution in [0.3, 0.4) is 0 Å². The van der Waals surface area contributed by atoms with E-state index >= 15 is 0 Å². The molecule has 1 aromatic carbocycles. The summed E-state index contributed by atoms with van der Waals surface area (Å²) in [4.78, 5) is 0. The minimum Gasteiger partial charge on any atom is -0.310 e. The number of benzene rings is 1. The third-order valence-electron chi connectivity index (χ3n) is 2.84. The summed E-state index contributed by atoms with van der Waals surface area (Å²) < 4.78 is 0. The maximum absolute atomic E-state index is 5.22. The highest BCUT2D eigenvalue weighted by molar-refractivity contribution is 5.32. The Hall–Kier alpha value is -1.26. The van der Waals surface area contributed by atoms with Crippen LogP contribution < -0.4 is 5.32 Å². The van der Waals surface area contributed by atoms with Crippen LogP contribution in [0.4, 0.5) is 0 Å². The number of hydrogen-bond donors (Lipinski definition) is 1. The third-order valence-corrected chi connectivity index (χ3v) is 2.84. The Bertz CT molecular complexity index is 374. The first-order chi connectivity index (χ1) is 7.65. The fourth-order valence-electron chi connectivity index (χ4n) is 1.93. The molecule has 16 heavy (non-hydrogen) atoms. The minimum absolute atomic E-state index is 0.401. The molecule has 0 aromatic heterocycles. The topological polar surface area (TPSA) is 12.0 Å². The lowest BCUT2D eigenvalue weighted by molar-refractivity contribution is 0.560. The molecule has 0 aliphatic rings. The summed E-state index contributed by atoms with van der Waals surface area (Å²) in [5.74, 6) is 2.66. The highest BCUT2D eigenvalue weighted by Crippen LogP contribution is 2.18. The number of hydrogen-bond acceptors (Lipinski definition) is 1. The van der Waals surface area contributed by atoms with Gasteiger partial charge in [0.2, 0.25) is 0 Å². The molecule has 0 spiro atoms. The van der Waals surface area contributed by atoms with Crippen molar-refractivity contribution in [2.24, 2.45) is 0 Å². The molecule has 0 saturated carbocycles. The Morgan fingerprint density at radius 2 is 2.12 bits per heavy atom. The van der Waals surface area contributed by atoms with Gasteiger partial charge in [0.25, 0.3) is 0 Å². The number of terminal acetylenes is 1. The second-order valence-corrected chi connectivity index (χ2v) is 4.34. The molecule has 0 bridgehead atoms. The molecule has 1 heteroatoms. The molecular weight excluding hydrogens is 194 g/mol. The van der Waals surface area contributed by atoms with Crippen molar-refractivity contribution in [1.29, 1.82) is 0 Å². The molecule has 1 aromatic rings. The van der Waals surface area contributed by atoms with Gasteiger partial charge in [0, 0.05) is 12.5 Å². The molecular formula is C15H21N. The van der Waals surface area contributed by atoms with E-state index in [0.717, 1.165) is 19.4 Å². The van der Waals surface area contributed by atoms with Crippen molar-refractivity contribution in [2.45, 2.75) is 39.7 Å². The van der Waals surface area contributed by atoms with Gasteiger partial charge in [0.05, 0.1) is 0 Å². The Morgan fingerprint density at radius 3 is 2.75 bits per heavy atom. The molecule has 1 nitrogen and oxygen atoms in total. The van der Waals surface area contributed by atoms with E-state index < -0.39 is 0 Å². The van der Waals surface area contributed by atoms with Crippen molar-refractivity contribution in [3.63, 3.8) is 0 Å². The number of unbranched alkanes of at least 4 members (excludes halogenated alkanes) is 1. The smallest absolute Gasteiger partial charge is 0.0294 e. The first-order valence-electron chi connectivity index (χ1n) is 5.89. The zero-order chi connectivity index (χ0) is 12.0. The molecule has 0 saturated heterocycles. The van der Waals surface area contributed by atoms with Crippen molar-refractivity contribution >= 4 is 0 Å². The van der Waals surface area contributed by atoms with E-state index in [1.165, 1.54) is 16.7 Å². The summed E-state index contributed by atoms with van der Waals surface area (Å²) >= 11 is 0. The minimum atomic E-state index is 0.401. The van der Waals surface area contributed by atoms with Crippen LogP contribution in [0.15, 0.2) is 18.2 Å². The molecule has 0 aliphatic heterocycles. The molecule has 0 aliphatic carbocycles. The first kappa shape index (κ1) is 12.8. The van der Waals surface area contributed by atoms with Crippen molar-refractivity contribution in [3.8, 4) is 12.3 Å². The van der Waals surface area contributed by atoms with Gasteiger partial charge in [0.15, 0.2) is 0 Å². The predicted octanol–water partition coefficient (Wildman–Crippen LogP) is 3.37. The van der Waals surface area contributed by atoms with Gasteiger partial charge in [-0.25, -0.2) is 0 Å². The van der Waals surface area contributed by atoms with Crippen LogP contribution in [0.2, 0.25) is 0 Å². The van der Waals surface area contributed by atoms with Crippen LogP contribution in [0.1, 0.15) is 42.5 Å². The molecule has 0 fully saturated rings. The molecule has 1 rings (SSSR count). The second-order valence-electron chi connectivity index (χ2n) is 4.34. The van der Waals surface area contributed by atoms with Gasteiger partial charge in [-0.05, 0) is 44.9 Å². The molecule has 86 valence electrons. The van der Waals surface area contributed by atoms with Crippen LogP contribution in [-0.2, 0) is 0 Å². The third kappa shape index (κ3) is 3.72. The van der Waals surface area contributed by atoms with Crippen molar-refractivity contribution in [3.05, 3.63) is 34.9 Å². The van der Waals surface area contributed by atoms with Gasteiger partial charge < -0.3 is 5.32 Å². The average Bonchev–Trinajstić information content (AvgIpc) is 2.24. The Morgan fingerprint density at radius 1 is 1.38 bits per heavy atom. The fraction of sp³-hybridized carbons (Fsp3) is 0.467. The Balaban J connectivity index is 2.53. The number of nitrogens with one attached hydrogen (secondary N) is 1. The maximum atomic E-state index is 5.22. The monoisotopic (exact) mass is 215 g/mol. The molecule has 0 radical (unpaired) electrons. The summed E-state index contributed by atoms with van der Waals surface area (Å²) in [5.41, 5.74) is 4.06. The van der Waals surface area contributed by atoms with Crippen LogP contribution in [0.25, 0.3) is 0 Å². The lowest BCUT2D eigenvalue weighted by atomic mass is 10.0. The van der Waals surface area contributed by atoms with Gasteiger partial charge in [-0.2, -0.15) is 0 Å². The zero-order valence-corrected chi connectivity index (χ0v) is 10.5. The normalized spacial score (nSPS) is 12.1. The summed E-state index contributed by atoms with van der Waals surface area (Å²) in [5, 5.41) is 3.50. The largest absolute Gasteiger partial charge is 0.310 e. The highest BCUT2D eigenvalue weighted by atomic mass is 14.9. The second kappa shape index (κ2) is 6.35. The van der Waals surface area contributed by atoms with E-state index in [2.05, 4.69) is 50.2 Å². The van der Waals surface area contributed by atoms with E-state index in [0.29, 0.717) is 6.04 Å². The average molecular weight is 215 g/mol. The fourth-order valence-corrected chi connectivity index (χ4v) is 1.93. The van der Waals surface area contributed by atoms with Crippen molar-refractivity contribution in [1.82, 2.24) is 5.32 Å². The Kier molecular flexibility index (Phi) is 5.08. The summed E-state index contributed by atoms with van der Waals surface area (Å²) in [6.45, 7) is 7.48. The molecule has 0 amide bonds. The molecule has 0 heterocycles. The zero-order valence-electron chi connectivity index (χ0n) is 10.5. The first-order valence-corrected chi connectivity index (χ1v) is 5.89. The van der Waals surface area contributed by atoms with Crippen molar-refractivity contribution in [2.75, 3.05) is 6.54 Å². The summed E-state index contributed by atoms with van der Waals surface area (Å²) in [6.07, 6.45) is 7.12. The number of aryl methyl sites for hydroxylation is 2. The van der Waals surface area contributed by atoms with Gasteiger partial charge >= 0.3 is 0 Å². The standard InChI is InChI=1S/C15H21N/c1-5-6-7-10-16-14(4)15-9-8-12(2)11-13(15)3/h1,8-9,11,14,16H,6-7,10H2,2-4H3. The number of rotatable bonds is 5. The van der Waals surface area contributed by atoms with E-state index in [4.69, 9.17) is 6.42 Å². The highest BCUT2D eigenvalue weighted by Gasteiger charge is 2.06. The van der Waals surface area contributed by atoms with Crippen molar-refractivity contribution < 1.29 is 0 Å². The van der Waals surface area contributed by atoms with Crippen LogP contribution in [0, 0.1) is 26.2 Å². The van der Waals surface area contributed by atoms with Gasteiger partial charge in [-0.1, -0.05) is 23.8 Å². The molecule has 1 N–H and O–H groups in total. The van der Waals surface area contributed by atoms with Gasteiger partial charge in [-0.3, -0.25) is 0 Å². The lowest BCUT2D eigenvalue weighted by Gasteiger charge is -2.16. The van der Waals surface area contributed by atoms with Crippen LogP contribution >= 0.6 is 0 Å². The summed E-state index contributed by atoms with van der Waals surface area (Å²) in [7, 11) is 0. The van der Waals surface area contributed by atoms with E-state index in [1.54, 1.807) is 0 Å². The van der Waals surface area contributed by atoms with E-state index in [-0.39, 0.29) is 0 Å². The maximum Gasteiger partial charge on any atom is 0.0294 e. The lowest BCUT2D eigenvalue weighted by Crippen LogP contribution is -2.20. The van der Waals surface area contributed by atoms with Gasteiger partial charge in [-0.15, -0.1) is 12.3 Å². The SMILES string of the molecule is C#CCCCNC(C)c1ccc(C)cc1C. The van der Waals surface area contributed by atoms with E-state index in [9.17, 15) is 0 Å². The predicted molar refractivity (Wildman–Crippen MR) is 70.4 cm³/mol. The molecule has 1 atom stereocenters. The summed E-state index contributed by atoms with van der Waals surface area (Å²) in [6, 6.07) is 7.01. The quantitative estimate of drug-likeness (QED) is 0.586. The van der Waals surface area contributed by atoms with Gasteiger partial charge in [0.1, 0.15) is 0 Å². The van der Waals surface area contributed by atoms with E-state index in [1.807, 2.05) is 0 Å². The molecule has 1 unspecified atom stereocenters. The van der Waals surface area contributed by atoms with Crippen LogP contribution in [0.5, 0.6) is 0 Å². The van der Waals surface area contributed by atoms with Crippen LogP contribution in [-0.4, -0.2) is 6.54 Å².